The van der Waals surface area contributed by atoms with Gasteiger partial charge in [0.1, 0.15) is 12.4 Å². The number of nitrogens with two attached hydrogens (primary N) is 1. The lowest BCUT2D eigenvalue weighted by molar-refractivity contribution is 0.315. The number of fused-ring (bicyclic) bond motifs is 1. The van der Waals surface area contributed by atoms with Gasteiger partial charge in [-0.05, 0) is 24.4 Å². The fourth-order valence-electron chi connectivity index (χ4n) is 1.40. The Labute approximate surface area is 82.1 Å². The van der Waals surface area contributed by atoms with Crippen molar-refractivity contribution in [3.05, 3.63) is 24.3 Å². The Morgan fingerprint density at radius 1 is 1.46 bits per heavy atom. The van der Waals surface area contributed by atoms with E-state index in [0.717, 1.165) is 18.0 Å². The number of rotatable bonds is 0. The summed E-state index contributed by atoms with van der Waals surface area (Å²) in [6.45, 7) is 1.36. The van der Waals surface area contributed by atoms with Gasteiger partial charge in [0, 0.05) is 0 Å². The topological polar surface area (TPSA) is 38.5 Å². The first-order valence-corrected chi connectivity index (χ1v) is 4.48. The Kier molecular flexibility index (Phi) is 2.06. The Bertz CT molecular complexity index is 340. The molecular formula is C9H10N2OS. The molecule has 0 aliphatic carbocycles. The van der Waals surface area contributed by atoms with Gasteiger partial charge in [0.05, 0.1) is 12.2 Å². The van der Waals surface area contributed by atoms with Crippen LogP contribution in [0.3, 0.4) is 0 Å². The largest absolute Gasteiger partial charge is 0.490 e. The Morgan fingerprint density at radius 2 is 2.23 bits per heavy atom. The summed E-state index contributed by atoms with van der Waals surface area (Å²) in [5.41, 5.74) is 6.54. The average molecular weight is 194 g/mol. The molecule has 4 heteroatoms. The van der Waals surface area contributed by atoms with Gasteiger partial charge in [-0.3, -0.25) is 0 Å². The molecular weight excluding hydrogens is 184 g/mol. The number of ether oxygens (including phenoxy) is 1. The van der Waals surface area contributed by atoms with Crippen molar-refractivity contribution in [2.45, 2.75) is 0 Å². The number of hydrogen-bond acceptors (Lipinski definition) is 2. The van der Waals surface area contributed by atoms with E-state index in [1.807, 2.05) is 29.2 Å². The predicted octanol–water partition coefficient (Wildman–Crippen LogP) is 1.13. The van der Waals surface area contributed by atoms with Crippen LogP contribution in [0.5, 0.6) is 5.75 Å². The fraction of sp³-hybridized carbons (Fsp3) is 0.222. The zero-order chi connectivity index (χ0) is 9.26. The molecule has 13 heavy (non-hydrogen) atoms. The lowest BCUT2D eigenvalue weighted by atomic mass is 10.2. The minimum atomic E-state index is 0.399. The standard InChI is InChI=1S/C9H10N2OS/c10-9(13)11-5-6-12-8-4-2-1-3-7(8)11/h1-4H,5-6H2,(H2,10,13). The summed E-state index contributed by atoms with van der Waals surface area (Å²) in [5, 5.41) is 0.399. The minimum Gasteiger partial charge on any atom is -0.490 e. The van der Waals surface area contributed by atoms with Crippen LogP contribution in [0.25, 0.3) is 0 Å². The third-order valence-corrected chi connectivity index (χ3v) is 2.21. The number of nitrogens with zero attached hydrogens (tertiary/aromatic N) is 1. The van der Waals surface area contributed by atoms with Gasteiger partial charge in [-0.15, -0.1) is 0 Å². The van der Waals surface area contributed by atoms with E-state index in [9.17, 15) is 0 Å². The maximum atomic E-state index is 5.58. The van der Waals surface area contributed by atoms with Crippen LogP contribution in [0, 0.1) is 0 Å². The number of benzene rings is 1. The van der Waals surface area contributed by atoms with Crippen molar-refractivity contribution >= 4 is 23.0 Å². The molecule has 3 nitrogen and oxygen atoms in total. The molecule has 0 fully saturated rings. The predicted molar refractivity (Wildman–Crippen MR) is 56.1 cm³/mol. The smallest absolute Gasteiger partial charge is 0.171 e. The molecule has 0 saturated heterocycles. The highest BCUT2D eigenvalue weighted by molar-refractivity contribution is 7.80. The van der Waals surface area contributed by atoms with E-state index in [-0.39, 0.29) is 0 Å². The SMILES string of the molecule is NC(=S)N1CCOc2ccccc21. The summed E-state index contributed by atoms with van der Waals surface area (Å²) in [6.07, 6.45) is 0. The maximum absolute atomic E-state index is 5.58. The normalized spacial score (nSPS) is 14.6. The summed E-state index contributed by atoms with van der Waals surface area (Å²) in [6, 6.07) is 7.74. The van der Waals surface area contributed by atoms with E-state index in [1.54, 1.807) is 0 Å². The van der Waals surface area contributed by atoms with E-state index in [4.69, 9.17) is 22.7 Å². The number of anilines is 1. The van der Waals surface area contributed by atoms with Crippen molar-refractivity contribution < 1.29 is 4.74 Å². The minimum absolute atomic E-state index is 0.399. The third-order valence-electron chi connectivity index (χ3n) is 1.99. The van der Waals surface area contributed by atoms with Crippen molar-refractivity contribution in [1.29, 1.82) is 0 Å². The molecule has 1 aliphatic rings. The second kappa shape index (κ2) is 3.22. The Balaban J connectivity index is 2.42. The van der Waals surface area contributed by atoms with E-state index < -0.39 is 0 Å². The molecule has 0 bridgehead atoms. The van der Waals surface area contributed by atoms with E-state index >= 15 is 0 Å². The summed E-state index contributed by atoms with van der Waals surface area (Å²) >= 11 is 4.94. The van der Waals surface area contributed by atoms with E-state index in [1.165, 1.54) is 0 Å². The first-order chi connectivity index (χ1) is 6.29. The summed E-state index contributed by atoms with van der Waals surface area (Å²) in [5.74, 6) is 0.849. The Morgan fingerprint density at radius 3 is 3.00 bits per heavy atom. The molecule has 1 aromatic rings. The number of thiocarbonyl (C=S) groups is 1. The van der Waals surface area contributed by atoms with Gasteiger partial charge in [-0.25, -0.2) is 0 Å². The van der Waals surface area contributed by atoms with Crippen molar-refractivity contribution in [3.63, 3.8) is 0 Å². The highest BCUT2D eigenvalue weighted by atomic mass is 32.1. The maximum Gasteiger partial charge on any atom is 0.171 e. The molecule has 68 valence electrons. The first kappa shape index (κ1) is 8.31. The van der Waals surface area contributed by atoms with Crippen LogP contribution in [0.15, 0.2) is 24.3 Å². The van der Waals surface area contributed by atoms with Gasteiger partial charge in [-0.1, -0.05) is 12.1 Å². The van der Waals surface area contributed by atoms with Crippen LogP contribution in [0.4, 0.5) is 5.69 Å². The Hall–Kier alpha value is -1.29. The van der Waals surface area contributed by atoms with E-state index in [2.05, 4.69) is 0 Å². The molecule has 0 saturated carbocycles. The number of hydrogen-bond donors (Lipinski definition) is 1. The van der Waals surface area contributed by atoms with Gasteiger partial charge in [0.25, 0.3) is 0 Å². The van der Waals surface area contributed by atoms with E-state index in [0.29, 0.717) is 11.7 Å². The highest BCUT2D eigenvalue weighted by Crippen LogP contribution is 2.30. The average Bonchev–Trinajstić information content (AvgIpc) is 2.17. The summed E-state index contributed by atoms with van der Waals surface area (Å²) in [7, 11) is 0. The van der Waals surface area contributed by atoms with Crippen LogP contribution in [0.1, 0.15) is 0 Å². The molecule has 0 unspecified atom stereocenters. The van der Waals surface area contributed by atoms with Gasteiger partial charge in [-0.2, -0.15) is 0 Å². The molecule has 0 spiro atoms. The summed E-state index contributed by atoms with van der Waals surface area (Å²) in [4.78, 5) is 1.88. The molecule has 0 aromatic heterocycles. The zero-order valence-corrected chi connectivity index (χ0v) is 7.88. The monoisotopic (exact) mass is 194 g/mol. The molecule has 1 aromatic carbocycles. The second-order valence-electron chi connectivity index (χ2n) is 2.81. The van der Waals surface area contributed by atoms with Gasteiger partial charge in [0.15, 0.2) is 5.11 Å². The fourth-order valence-corrected chi connectivity index (χ4v) is 1.59. The van der Waals surface area contributed by atoms with Crippen molar-refractivity contribution in [2.75, 3.05) is 18.1 Å². The van der Waals surface area contributed by atoms with Gasteiger partial charge < -0.3 is 15.4 Å². The molecule has 0 radical (unpaired) electrons. The van der Waals surface area contributed by atoms with Crippen LogP contribution in [-0.4, -0.2) is 18.3 Å². The van der Waals surface area contributed by atoms with Crippen LogP contribution in [-0.2, 0) is 0 Å². The van der Waals surface area contributed by atoms with Gasteiger partial charge in [0.2, 0.25) is 0 Å². The molecule has 0 amide bonds. The molecule has 0 atom stereocenters. The summed E-state index contributed by atoms with van der Waals surface area (Å²) < 4.78 is 5.45. The quantitative estimate of drug-likeness (QED) is 0.628. The van der Waals surface area contributed by atoms with Gasteiger partial charge >= 0.3 is 0 Å². The number of para-hydroxylation sites is 2. The van der Waals surface area contributed by atoms with Crippen molar-refractivity contribution in [1.82, 2.24) is 0 Å². The lowest BCUT2D eigenvalue weighted by Gasteiger charge is -2.29. The van der Waals surface area contributed by atoms with Crippen LogP contribution < -0.4 is 15.4 Å². The highest BCUT2D eigenvalue weighted by Gasteiger charge is 2.18. The van der Waals surface area contributed by atoms with Crippen LogP contribution in [0.2, 0.25) is 0 Å². The molecule has 1 aliphatic heterocycles. The first-order valence-electron chi connectivity index (χ1n) is 4.08. The lowest BCUT2D eigenvalue weighted by Crippen LogP contribution is -2.41. The van der Waals surface area contributed by atoms with Crippen molar-refractivity contribution in [2.24, 2.45) is 5.73 Å². The van der Waals surface area contributed by atoms with Crippen LogP contribution >= 0.6 is 12.2 Å². The molecule has 2 N–H and O–H groups in total. The molecule has 2 rings (SSSR count). The zero-order valence-electron chi connectivity index (χ0n) is 7.06. The molecule has 1 heterocycles. The van der Waals surface area contributed by atoms with Crippen molar-refractivity contribution in [3.8, 4) is 5.75 Å². The third kappa shape index (κ3) is 1.45. The second-order valence-corrected chi connectivity index (χ2v) is 3.22.